The first-order chi connectivity index (χ1) is 11.5. The fraction of sp³-hybridized carbons (Fsp3) is 0.632. The van der Waals surface area contributed by atoms with Crippen LogP contribution in [0.2, 0.25) is 0 Å². The second-order valence-corrected chi connectivity index (χ2v) is 7.41. The van der Waals surface area contributed by atoms with Crippen LogP contribution in [0.3, 0.4) is 0 Å². The zero-order valence-corrected chi connectivity index (χ0v) is 14.6. The van der Waals surface area contributed by atoms with Crippen molar-refractivity contribution in [1.82, 2.24) is 10.2 Å². The first-order valence-electron chi connectivity index (χ1n) is 8.82. The Morgan fingerprint density at radius 3 is 2.79 bits per heavy atom. The zero-order valence-electron chi connectivity index (χ0n) is 14.6. The molecule has 1 saturated heterocycles. The number of aryl methyl sites for hydroxylation is 1. The van der Waals surface area contributed by atoms with Crippen LogP contribution in [0.4, 0.5) is 0 Å². The Morgan fingerprint density at radius 2 is 2.08 bits per heavy atom. The highest BCUT2D eigenvalue weighted by molar-refractivity contribution is 5.83. The first-order valence-corrected chi connectivity index (χ1v) is 8.82. The molecule has 1 heterocycles. The van der Waals surface area contributed by atoms with E-state index in [0.717, 1.165) is 19.5 Å². The largest absolute Gasteiger partial charge is 0.387 e. The first kappa shape index (κ1) is 17.4. The summed E-state index contributed by atoms with van der Waals surface area (Å²) in [6.45, 7) is 7.82. The molecule has 2 N–H and O–H groups in total. The molecule has 3 rings (SSSR count). The molecule has 2 fully saturated rings. The summed E-state index contributed by atoms with van der Waals surface area (Å²) in [5, 5.41) is 13.5. The predicted octanol–water partition coefficient (Wildman–Crippen LogP) is 1.30. The highest BCUT2D eigenvalue weighted by atomic mass is 16.5. The van der Waals surface area contributed by atoms with E-state index in [1.807, 2.05) is 12.1 Å². The summed E-state index contributed by atoms with van der Waals surface area (Å²) < 4.78 is 5.32. The number of morpholine rings is 1. The molecule has 24 heavy (non-hydrogen) atoms. The van der Waals surface area contributed by atoms with E-state index in [1.54, 1.807) is 6.92 Å². The van der Waals surface area contributed by atoms with Crippen LogP contribution in [0.15, 0.2) is 24.3 Å². The SMILES string of the molecule is Cc1ccccc1C1CC1C(=O)NCC(C)(O)CN1CCOCC1. The van der Waals surface area contributed by atoms with Crippen LogP contribution in [0.1, 0.15) is 30.4 Å². The van der Waals surface area contributed by atoms with E-state index in [9.17, 15) is 9.90 Å². The Morgan fingerprint density at radius 1 is 1.38 bits per heavy atom. The van der Waals surface area contributed by atoms with E-state index in [-0.39, 0.29) is 11.8 Å². The van der Waals surface area contributed by atoms with Crippen LogP contribution in [0.5, 0.6) is 0 Å². The standard InChI is InChI=1S/C19H28N2O3/c1-14-5-3-4-6-15(14)16-11-17(16)18(22)20-12-19(2,23)13-21-7-9-24-10-8-21/h3-6,16-17,23H,7-13H2,1-2H3,(H,20,22). The van der Waals surface area contributed by atoms with Crippen LogP contribution < -0.4 is 5.32 Å². The fourth-order valence-electron chi connectivity index (χ4n) is 3.54. The van der Waals surface area contributed by atoms with Gasteiger partial charge in [-0.1, -0.05) is 24.3 Å². The van der Waals surface area contributed by atoms with Gasteiger partial charge in [0.05, 0.1) is 18.8 Å². The number of nitrogens with zero attached hydrogens (tertiary/aromatic N) is 1. The molecule has 1 amide bonds. The van der Waals surface area contributed by atoms with Gasteiger partial charge in [-0.25, -0.2) is 0 Å². The summed E-state index contributed by atoms with van der Waals surface area (Å²) in [6, 6.07) is 8.26. The number of aliphatic hydroxyl groups is 1. The van der Waals surface area contributed by atoms with E-state index in [0.29, 0.717) is 32.2 Å². The number of β-amino-alcohol motifs (C(OH)–C–C–N with tert-alkyl or cyclic N) is 1. The van der Waals surface area contributed by atoms with Crippen molar-refractivity contribution in [3.63, 3.8) is 0 Å². The van der Waals surface area contributed by atoms with Gasteiger partial charge in [-0.15, -0.1) is 0 Å². The van der Waals surface area contributed by atoms with Gasteiger partial charge in [0, 0.05) is 32.1 Å². The van der Waals surface area contributed by atoms with Gasteiger partial charge in [-0.3, -0.25) is 9.69 Å². The molecule has 132 valence electrons. The minimum atomic E-state index is -0.917. The van der Waals surface area contributed by atoms with E-state index in [1.165, 1.54) is 11.1 Å². The Labute approximate surface area is 144 Å². The molecule has 1 aliphatic heterocycles. The minimum absolute atomic E-state index is 0.0466. The molecule has 1 aliphatic carbocycles. The van der Waals surface area contributed by atoms with Crippen LogP contribution in [0.25, 0.3) is 0 Å². The molecule has 1 aromatic carbocycles. The predicted molar refractivity (Wildman–Crippen MR) is 92.9 cm³/mol. The van der Waals surface area contributed by atoms with Gasteiger partial charge in [-0.05, 0) is 37.3 Å². The number of benzene rings is 1. The van der Waals surface area contributed by atoms with Crippen molar-refractivity contribution in [2.24, 2.45) is 5.92 Å². The number of ether oxygens (including phenoxy) is 1. The Kier molecular flexibility index (Phi) is 5.23. The Balaban J connectivity index is 1.46. The molecule has 0 spiro atoms. The van der Waals surface area contributed by atoms with Crippen molar-refractivity contribution >= 4 is 5.91 Å². The van der Waals surface area contributed by atoms with E-state index >= 15 is 0 Å². The summed E-state index contributed by atoms with van der Waals surface area (Å²) in [6.07, 6.45) is 0.905. The van der Waals surface area contributed by atoms with Crippen molar-refractivity contribution in [2.75, 3.05) is 39.4 Å². The maximum absolute atomic E-state index is 12.4. The third kappa shape index (κ3) is 4.35. The number of hydrogen-bond acceptors (Lipinski definition) is 4. The molecule has 3 atom stereocenters. The molecule has 2 aliphatic rings. The normalized spacial score (nSPS) is 26.6. The molecular weight excluding hydrogens is 304 g/mol. The number of amides is 1. The van der Waals surface area contributed by atoms with Crippen LogP contribution >= 0.6 is 0 Å². The molecule has 5 heteroatoms. The van der Waals surface area contributed by atoms with Gasteiger partial charge in [0.1, 0.15) is 0 Å². The summed E-state index contributed by atoms with van der Waals surface area (Å²) in [5.41, 5.74) is 1.61. The summed E-state index contributed by atoms with van der Waals surface area (Å²) in [4.78, 5) is 14.6. The Bertz CT molecular complexity index is 582. The third-order valence-corrected chi connectivity index (χ3v) is 5.03. The van der Waals surface area contributed by atoms with Crippen LogP contribution in [-0.4, -0.2) is 60.9 Å². The highest BCUT2D eigenvalue weighted by Gasteiger charge is 2.44. The average molecular weight is 332 g/mol. The lowest BCUT2D eigenvalue weighted by atomic mass is 10.0. The smallest absolute Gasteiger partial charge is 0.223 e. The lowest BCUT2D eigenvalue weighted by Crippen LogP contribution is -2.51. The monoisotopic (exact) mass is 332 g/mol. The fourth-order valence-corrected chi connectivity index (χ4v) is 3.54. The number of nitrogens with one attached hydrogen (secondary N) is 1. The van der Waals surface area contributed by atoms with Gasteiger partial charge >= 0.3 is 0 Å². The summed E-state index contributed by atoms with van der Waals surface area (Å²) >= 11 is 0. The molecule has 0 radical (unpaired) electrons. The van der Waals surface area contributed by atoms with Gasteiger partial charge in [0.25, 0.3) is 0 Å². The molecule has 3 unspecified atom stereocenters. The van der Waals surface area contributed by atoms with Crippen molar-refractivity contribution in [3.8, 4) is 0 Å². The van der Waals surface area contributed by atoms with Crippen LogP contribution in [0, 0.1) is 12.8 Å². The summed E-state index contributed by atoms with van der Waals surface area (Å²) in [5.74, 6) is 0.436. The van der Waals surface area contributed by atoms with E-state index in [2.05, 4.69) is 29.3 Å². The summed E-state index contributed by atoms with van der Waals surface area (Å²) in [7, 11) is 0. The minimum Gasteiger partial charge on any atom is -0.387 e. The second kappa shape index (κ2) is 7.21. The molecule has 1 aromatic rings. The molecule has 0 bridgehead atoms. The molecule has 1 saturated carbocycles. The van der Waals surface area contributed by atoms with Crippen molar-refractivity contribution < 1.29 is 14.6 Å². The zero-order chi connectivity index (χ0) is 17.2. The maximum atomic E-state index is 12.4. The highest BCUT2D eigenvalue weighted by Crippen LogP contribution is 2.48. The van der Waals surface area contributed by atoms with Gasteiger partial charge in [0.15, 0.2) is 0 Å². The number of rotatable bonds is 6. The molecule has 5 nitrogen and oxygen atoms in total. The van der Waals surface area contributed by atoms with Gasteiger partial charge in [-0.2, -0.15) is 0 Å². The van der Waals surface area contributed by atoms with Crippen molar-refractivity contribution in [2.45, 2.75) is 31.8 Å². The molecular formula is C19H28N2O3. The van der Waals surface area contributed by atoms with Crippen LogP contribution in [-0.2, 0) is 9.53 Å². The number of carbonyl (C=O) groups excluding carboxylic acids is 1. The average Bonchev–Trinajstić information content (AvgIpc) is 3.34. The van der Waals surface area contributed by atoms with Crippen molar-refractivity contribution in [3.05, 3.63) is 35.4 Å². The van der Waals surface area contributed by atoms with Gasteiger partial charge in [0.2, 0.25) is 5.91 Å². The van der Waals surface area contributed by atoms with Gasteiger partial charge < -0.3 is 15.2 Å². The lowest BCUT2D eigenvalue weighted by Gasteiger charge is -2.33. The number of hydrogen-bond donors (Lipinski definition) is 2. The maximum Gasteiger partial charge on any atom is 0.223 e. The Hall–Kier alpha value is -1.43. The van der Waals surface area contributed by atoms with Crippen molar-refractivity contribution in [1.29, 1.82) is 0 Å². The second-order valence-electron chi connectivity index (χ2n) is 7.41. The number of carbonyl (C=O) groups is 1. The van der Waals surface area contributed by atoms with E-state index in [4.69, 9.17) is 4.74 Å². The van der Waals surface area contributed by atoms with E-state index < -0.39 is 5.60 Å². The third-order valence-electron chi connectivity index (χ3n) is 5.03. The quantitative estimate of drug-likeness (QED) is 0.824. The topological polar surface area (TPSA) is 61.8 Å². The lowest BCUT2D eigenvalue weighted by molar-refractivity contribution is -0.123. The molecule has 0 aromatic heterocycles.